The molecular weight excluding hydrogens is 298 g/mol. The molecule has 2 aromatic rings. The fraction of sp³-hybridized carbons (Fsp3) is 0.412. The van der Waals surface area contributed by atoms with Gasteiger partial charge < -0.3 is 4.42 Å². The van der Waals surface area contributed by atoms with Crippen molar-refractivity contribution in [3.05, 3.63) is 48.2 Å². The average Bonchev–Trinajstić information content (AvgIpc) is 3.14. The summed E-state index contributed by atoms with van der Waals surface area (Å²) in [6, 6.07) is 12.1. The number of nitrogens with zero attached hydrogens (tertiary/aromatic N) is 1. The van der Waals surface area contributed by atoms with Crippen molar-refractivity contribution in [2.45, 2.75) is 25.9 Å². The van der Waals surface area contributed by atoms with Gasteiger partial charge in [0.05, 0.1) is 17.8 Å². The molecule has 0 aliphatic carbocycles. The highest BCUT2D eigenvalue weighted by molar-refractivity contribution is 7.91. The maximum atomic E-state index is 11.7. The van der Waals surface area contributed by atoms with Crippen molar-refractivity contribution in [1.82, 2.24) is 4.90 Å². The molecule has 0 bridgehead atoms. The van der Waals surface area contributed by atoms with Crippen LogP contribution < -0.4 is 0 Å². The van der Waals surface area contributed by atoms with Gasteiger partial charge in [0.1, 0.15) is 5.76 Å². The molecular formula is C17H21NO3S. The molecule has 22 heavy (non-hydrogen) atoms. The smallest absolute Gasteiger partial charge is 0.151 e. The van der Waals surface area contributed by atoms with E-state index in [0.717, 1.165) is 30.8 Å². The summed E-state index contributed by atoms with van der Waals surface area (Å²) in [5.41, 5.74) is 2.25. The molecule has 1 atom stereocenters. The van der Waals surface area contributed by atoms with E-state index >= 15 is 0 Å². The fourth-order valence-electron chi connectivity index (χ4n) is 3.11. The van der Waals surface area contributed by atoms with Crippen LogP contribution in [0.5, 0.6) is 0 Å². The second-order valence-electron chi connectivity index (χ2n) is 5.75. The number of sulfone groups is 1. The van der Waals surface area contributed by atoms with Crippen LogP contribution in [0.15, 0.2) is 47.1 Å². The van der Waals surface area contributed by atoms with Crippen LogP contribution in [0.4, 0.5) is 0 Å². The maximum Gasteiger partial charge on any atom is 0.151 e. The lowest BCUT2D eigenvalue weighted by Gasteiger charge is -2.27. The van der Waals surface area contributed by atoms with Gasteiger partial charge >= 0.3 is 0 Å². The van der Waals surface area contributed by atoms with E-state index in [1.54, 1.807) is 6.26 Å². The van der Waals surface area contributed by atoms with Crippen LogP contribution in [0.2, 0.25) is 0 Å². The number of rotatable bonds is 5. The molecule has 0 N–H and O–H groups in total. The molecule has 0 amide bonds. The van der Waals surface area contributed by atoms with E-state index in [1.807, 2.05) is 30.3 Å². The van der Waals surface area contributed by atoms with Gasteiger partial charge in [0.15, 0.2) is 9.84 Å². The summed E-state index contributed by atoms with van der Waals surface area (Å²) in [6.07, 6.45) is 2.41. The Hall–Kier alpha value is -1.59. The Morgan fingerprint density at radius 2 is 2.05 bits per heavy atom. The van der Waals surface area contributed by atoms with Gasteiger partial charge in [0.25, 0.3) is 0 Å². The molecule has 2 heterocycles. The van der Waals surface area contributed by atoms with E-state index in [-0.39, 0.29) is 11.8 Å². The highest BCUT2D eigenvalue weighted by Gasteiger charge is 2.31. The third kappa shape index (κ3) is 3.25. The number of benzene rings is 1. The van der Waals surface area contributed by atoms with Crippen molar-refractivity contribution in [2.24, 2.45) is 0 Å². The van der Waals surface area contributed by atoms with Crippen LogP contribution >= 0.6 is 0 Å². The Morgan fingerprint density at radius 1 is 1.23 bits per heavy atom. The van der Waals surface area contributed by atoms with Crippen LogP contribution in [-0.2, 0) is 16.4 Å². The first-order valence-corrected chi connectivity index (χ1v) is 9.47. The molecule has 5 heteroatoms. The summed E-state index contributed by atoms with van der Waals surface area (Å²) in [7, 11) is -2.86. The van der Waals surface area contributed by atoms with Gasteiger partial charge in [-0.3, -0.25) is 4.90 Å². The van der Waals surface area contributed by atoms with Crippen molar-refractivity contribution in [3.8, 4) is 11.3 Å². The molecule has 0 radical (unpaired) electrons. The lowest BCUT2D eigenvalue weighted by Crippen LogP contribution is -2.35. The van der Waals surface area contributed by atoms with Crippen molar-refractivity contribution < 1.29 is 12.8 Å². The average molecular weight is 319 g/mol. The minimum Gasteiger partial charge on any atom is -0.464 e. The molecule has 1 aliphatic heterocycles. The number of hydrogen-bond donors (Lipinski definition) is 0. The standard InChI is InChI=1S/C17H21NO3S/c1-2-18(15-9-11-22(19,20)13-15)12-14-6-3-4-7-16(14)17-8-5-10-21-17/h3-8,10,15H,2,9,11-13H2,1H3/t15-/m1/s1. The van der Waals surface area contributed by atoms with Crippen LogP contribution in [-0.4, -0.2) is 37.4 Å². The van der Waals surface area contributed by atoms with E-state index in [2.05, 4.69) is 17.9 Å². The normalized spacial score (nSPS) is 20.5. The molecule has 1 saturated heterocycles. The van der Waals surface area contributed by atoms with E-state index in [9.17, 15) is 8.42 Å². The molecule has 0 spiro atoms. The quantitative estimate of drug-likeness (QED) is 0.850. The number of hydrogen-bond acceptors (Lipinski definition) is 4. The van der Waals surface area contributed by atoms with Crippen molar-refractivity contribution >= 4 is 9.84 Å². The van der Waals surface area contributed by atoms with Crippen molar-refractivity contribution in [3.63, 3.8) is 0 Å². The second-order valence-corrected chi connectivity index (χ2v) is 7.98. The lowest BCUT2D eigenvalue weighted by molar-refractivity contribution is 0.215. The zero-order valence-corrected chi connectivity index (χ0v) is 13.6. The van der Waals surface area contributed by atoms with Gasteiger partial charge in [0, 0.05) is 18.2 Å². The van der Waals surface area contributed by atoms with Gasteiger partial charge in [-0.15, -0.1) is 0 Å². The van der Waals surface area contributed by atoms with E-state index < -0.39 is 9.84 Å². The van der Waals surface area contributed by atoms with E-state index in [1.165, 1.54) is 5.56 Å². The molecule has 1 aromatic carbocycles. The molecule has 0 unspecified atom stereocenters. The van der Waals surface area contributed by atoms with E-state index in [4.69, 9.17) is 4.42 Å². The van der Waals surface area contributed by atoms with Gasteiger partial charge in [-0.25, -0.2) is 8.42 Å². The Balaban J connectivity index is 1.83. The minimum atomic E-state index is -2.86. The summed E-state index contributed by atoms with van der Waals surface area (Å²) in [4.78, 5) is 2.26. The molecule has 0 saturated carbocycles. The molecule has 1 aromatic heterocycles. The third-order valence-corrected chi connectivity index (χ3v) is 6.06. The Morgan fingerprint density at radius 3 is 2.68 bits per heavy atom. The van der Waals surface area contributed by atoms with Crippen LogP contribution in [0, 0.1) is 0 Å². The second kappa shape index (κ2) is 6.26. The molecule has 1 fully saturated rings. The third-order valence-electron chi connectivity index (χ3n) is 4.31. The first-order chi connectivity index (χ1) is 10.6. The Kier molecular flexibility index (Phi) is 4.36. The van der Waals surface area contributed by atoms with Gasteiger partial charge in [-0.05, 0) is 30.7 Å². The molecule has 3 rings (SSSR count). The minimum absolute atomic E-state index is 0.125. The summed E-state index contributed by atoms with van der Waals surface area (Å²) < 4.78 is 29.0. The van der Waals surface area contributed by atoms with Crippen LogP contribution in [0.25, 0.3) is 11.3 Å². The van der Waals surface area contributed by atoms with Gasteiger partial charge in [-0.2, -0.15) is 0 Å². The predicted octanol–water partition coefficient (Wildman–Crippen LogP) is 2.96. The predicted molar refractivity (Wildman–Crippen MR) is 87.3 cm³/mol. The first-order valence-electron chi connectivity index (χ1n) is 7.65. The molecule has 4 nitrogen and oxygen atoms in total. The monoisotopic (exact) mass is 319 g/mol. The zero-order valence-electron chi connectivity index (χ0n) is 12.7. The first kappa shape index (κ1) is 15.3. The molecule has 118 valence electrons. The topological polar surface area (TPSA) is 50.5 Å². The molecule has 1 aliphatic rings. The van der Waals surface area contributed by atoms with Crippen LogP contribution in [0.3, 0.4) is 0 Å². The van der Waals surface area contributed by atoms with Gasteiger partial charge in [-0.1, -0.05) is 31.2 Å². The van der Waals surface area contributed by atoms with Crippen molar-refractivity contribution in [1.29, 1.82) is 0 Å². The Bertz CT molecular complexity index is 722. The van der Waals surface area contributed by atoms with Crippen LogP contribution in [0.1, 0.15) is 18.9 Å². The summed E-state index contributed by atoms with van der Waals surface area (Å²) in [5.74, 6) is 1.45. The van der Waals surface area contributed by atoms with Gasteiger partial charge in [0.2, 0.25) is 0 Å². The fourth-order valence-corrected chi connectivity index (χ4v) is 4.87. The summed E-state index contributed by atoms with van der Waals surface area (Å²) in [5, 5.41) is 0. The highest BCUT2D eigenvalue weighted by atomic mass is 32.2. The zero-order chi connectivity index (χ0) is 15.6. The Labute approximate surface area is 131 Å². The largest absolute Gasteiger partial charge is 0.464 e. The SMILES string of the molecule is CCN(Cc1ccccc1-c1ccco1)[C@@H]1CCS(=O)(=O)C1. The lowest BCUT2D eigenvalue weighted by atomic mass is 10.0. The summed E-state index contributed by atoms with van der Waals surface area (Å²) in [6.45, 7) is 3.67. The number of furan rings is 1. The highest BCUT2D eigenvalue weighted by Crippen LogP contribution is 2.27. The summed E-state index contributed by atoms with van der Waals surface area (Å²) >= 11 is 0. The van der Waals surface area contributed by atoms with Crippen molar-refractivity contribution in [2.75, 3.05) is 18.1 Å². The van der Waals surface area contributed by atoms with E-state index in [0.29, 0.717) is 5.75 Å². The maximum absolute atomic E-state index is 11.7.